The average Bonchev–Trinajstić information content (AvgIpc) is 3.04. The Morgan fingerprint density at radius 2 is 1.60 bits per heavy atom. The predicted molar refractivity (Wildman–Crippen MR) is 185 cm³/mol. The van der Waals surface area contributed by atoms with Crippen molar-refractivity contribution < 1.29 is 33.0 Å². The summed E-state index contributed by atoms with van der Waals surface area (Å²) < 4.78 is 41.1. The molecule has 2 fully saturated rings. The Morgan fingerprint density at radius 3 is 2.23 bits per heavy atom. The molecule has 1 aliphatic carbocycles. The van der Waals surface area contributed by atoms with E-state index in [0.29, 0.717) is 55.2 Å². The van der Waals surface area contributed by atoms with Crippen LogP contribution in [0.4, 0.5) is 8.78 Å². The first kappa shape index (κ1) is 36.0. The lowest BCUT2D eigenvalue weighted by Gasteiger charge is -2.48. The van der Waals surface area contributed by atoms with E-state index < -0.39 is 35.3 Å². The highest BCUT2D eigenvalue weighted by molar-refractivity contribution is 7.98. The molecule has 7 nitrogen and oxygen atoms in total. The quantitative estimate of drug-likeness (QED) is 0.204. The van der Waals surface area contributed by atoms with Gasteiger partial charge in [0.15, 0.2) is 5.79 Å². The number of hydrogen-bond donors (Lipinski definition) is 2. The van der Waals surface area contributed by atoms with Crippen LogP contribution in [0, 0.1) is 24.0 Å². The number of carbonyl (C=O) groups is 2. The molecular weight excluding hydrogens is 634 g/mol. The van der Waals surface area contributed by atoms with Gasteiger partial charge in [0, 0.05) is 49.0 Å². The summed E-state index contributed by atoms with van der Waals surface area (Å²) in [7, 11) is 0. The van der Waals surface area contributed by atoms with Gasteiger partial charge in [-0.1, -0.05) is 44.2 Å². The van der Waals surface area contributed by atoms with Gasteiger partial charge in [0.05, 0.1) is 13.2 Å². The van der Waals surface area contributed by atoms with Gasteiger partial charge in [-0.25, -0.2) is 13.6 Å². The lowest BCUT2D eigenvalue weighted by atomic mass is 9.86. The van der Waals surface area contributed by atoms with Gasteiger partial charge in [0.1, 0.15) is 17.7 Å². The summed E-state index contributed by atoms with van der Waals surface area (Å²) in [5, 5.41) is 12.5. The average molecular weight is 681 g/mol. The van der Waals surface area contributed by atoms with E-state index in [1.165, 1.54) is 23.9 Å². The van der Waals surface area contributed by atoms with Crippen LogP contribution in [0.25, 0.3) is 11.1 Å². The molecule has 5 rings (SSSR count). The first-order valence-electron chi connectivity index (χ1n) is 16.6. The van der Waals surface area contributed by atoms with Crippen molar-refractivity contribution in [2.24, 2.45) is 5.41 Å². The van der Waals surface area contributed by atoms with Crippen LogP contribution in [-0.4, -0.2) is 65.0 Å². The molecule has 0 aromatic heterocycles. The highest BCUT2D eigenvalue weighted by atomic mass is 32.2. The number of nitrogens with one attached hydrogen (secondary N) is 1. The molecule has 0 unspecified atom stereocenters. The van der Waals surface area contributed by atoms with E-state index in [0.717, 1.165) is 48.4 Å². The maximum atomic E-state index is 14.3. The SMILES string of the molecule is CSCC[C@H](NC(=O)c1ccc(CN(Cc2cc(F)cc(F)c2)C2CCC3(CC2)OCC(C)(C)CO3)cc1-c1ccccc1C)C(=O)O. The number of nitrogens with zero attached hydrogens (tertiary/aromatic N) is 1. The number of aliphatic carboxylic acids is 1. The normalized spacial score (nSPS) is 18.1. The third-order valence-corrected chi connectivity index (χ3v) is 10.0. The largest absolute Gasteiger partial charge is 0.480 e. The minimum absolute atomic E-state index is 0.0312. The molecule has 1 aliphatic heterocycles. The second-order valence-electron chi connectivity index (χ2n) is 13.9. The second kappa shape index (κ2) is 15.5. The molecule has 0 radical (unpaired) electrons. The fourth-order valence-corrected chi connectivity index (χ4v) is 7.10. The van der Waals surface area contributed by atoms with E-state index in [1.54, 1.807) is 6.07 Å². The fraction of sp³-hybridized carbons (Fsp3) is 0.474. The van der Waals surface area contributed by atoms with Crippen molar-refractivity contribution in [1.82, 2.24) is 10.2 Å². The van der Waals surface area contributed by atoms with Crippen LogP contribution in [-0.2, 0) is 27.4 Å². The van der Waals surface area contributed by atoms with E-state index in [1.807, 2.05) is 49.6 Å². The molecule has 1 saturated carbocycles. The molecule has 3 aromatic rings. The van der Waals surface area contributed by atoms with Crippen LogP contribution < -0.4 is 5.32 Å². The zero-order valence-electron chi connectivity index (χ0n) is 28.2. The van der Waals surface area contributed by atoms with Crippen LogP contribution in [0.2, 0.25) is 0 Å². The molecule has 10 heteroatoms. The highest BCUT2D eigenvalue weighted by Crippen LogP contribution is 2.41. The van der Waals surface area contributed by atoms with E-state index in [9.17, 15) is 23.5 Å². The smallest absolute Gasteiger partial charge is 0.326 e. The second-order valence-corrected chi connectivity index (χ2v) is 14.9. The Kier molecular flexibility index (Phi) is 11.6. The Morgan fingerprint density at radius 1 is 0.958 bits per heavy atom. The summed E-state index contributed by atoms with van der Waals surface area (Å²) in [4.78, 5) is 27.8. The number of carboxylic acid groups (broad SMARTS) is 1. The molecular formula is C38H46F2N2O5S. The molecule has 2 aliphatic rings. The number of rotatable bonds is 12. The van der Waals surface area contributed by atoms with Gasteiger partial charge in [-0.15, -0.1) is 0 Å². The van der Waals surface area contributed by atoms with Crippen molar-refractivity contribution in [2.75, 3.05) is 25.2 Å². The molecule has 258 valence electrons. The number of amides is 1. The Hall–Kier alpha value is -3.31. The zero-order valence-corrected chi connectivity index (χ0v) is 29.0. The number of benzene rings is 3. The number of ether oxygens (including phenoxy) is 2. The summed E-state index contributed by atoms with van der Waals surface area (Å²) in [6, 6.07) is 16.1. The minimum Gasteiger partial charge on any atom is -0.480 e. The number of carboxylic acids is 1. The Labute approximate surface area is 286 Å². The van der Waals surface area contributed by atoms with Crippen LogP contribution in [0.1, 0.15) is 73.0 Å². The number of thioether (sulfide) groups is 1. The van der Waals surface area contributed by atoms with Gasteiger partial charge in [-0.05, 0) is 90.3 Å². The third kappa shape index (κ3) is 9.02. The van der Waals surface area contributed by atoms with Gasteiger partial charge in [0.25, 0.3) is 5.91 Å². The van der Waals surface area contributed by atoms with Crippen molar-refractivity contribution in [3.8, 4) is 11.1 Å². The number of aryl methyl sites for hydroxylation is 1. The predicted octanol–water partition coefficient (Wildman–Crippen LogP) is 7.59. The van der Waals surface area contributed by atoms with Gasteiger partial charge < -0.3 is 19.9 Å². The first-order chi connectivity index (χ1) is 22.9. The van der Waals surface area contributed by atoms with Crippen molar-refractivity contribution in [3.05, 3.63) is 94.6 Å². The van der Waals surface area contributed by atoms with Gasteiger partial charge in [0.2, 0.25) is 0 Å². The van der Waals surface area contributed by atoms with E-state index >= 15 is 0 Å². The topological polar surface area (TPSA) is 88.1 Å². The third-order valence-electron chi connectivity index (χ3n) is 9.36. The standard InChI is InChI=1S/C38H46F2N2O5S/c1-25-7-5-6-8-31(25)33-19-26(9-10-32(33)35(43)41-34(36(44)45)13-16-48-4)21-42(22-27-17-28(39)20-29(40)18-27)30-11-14-38(15-12-30)46-23-37(2,3)24-47-38/h5-10,17-20,30,34H,11-16,21-24H2,1-4H3,(H,41,43)(H,44,45)/t34-/m0/s1. The minimum atomic E-state index is -1.07. The van der Waals surface area contributed by atoms with Crippen LogP contribution in [0.15, 0.2) is 60.7 Å². The zero-order chi connectivity index (χ0) is 34.5. The molecule has 1 heterocycles. The summed E-state index contributed by atoms with van der Waals surface area (Å²) in [6.45, 7) is 8.30. The molecule has 1 spiro atoms. The van der Waals surface area contributed by atoms with Gasteiger partial charge >= 0.3 is 5.97 Å². The van der Waals surface area contributed by atoms with Crippen LogP contribution in [0.3, 0.4) is 0 Å². The molecule has 1 saturated heterocycles. The molecule has 1 amide bonds. The van der Waals surface area contributed by atoms with Crippen molar-refractivity contribution in [1.29, 1.82) is 0 Å². The molecule has 1 atom stereocenters. The number of hydrogen-bond acceptors (Lipinski definition) is 6. The summed E-state index contributed by atoms with van der Waals surface area (Å²) in [6.07, 6.45) is 5.22. The monoisotopic (exact) mass is 680 g/mol. The summed E-state index contributed by atoms with van der Waals surface area (Å²) in [5.41, 5.74) is 4.36. The fourth-order valence-electron chi connectivity index (χ4n) is 6.63. The highest BCUT2D eigenvalue weighted by Gasteiger charge is 2.44. The molecule has 48 heavy (non-hydrogen) atoms. The lowest BCUT2D eigenvalue weighted by molar-refractivity contribution is -0.312. The van der Waals surface area contributed by atoms with Crippen molar-refractivity contribution in [2.45, 2.75) is 83.8 Å². The summed E-state index contributed by atoms with van der Waals surface area (Å²) >= 11 is 1.52. The van der Waals surface area contributed by atoms with Gasteiger partial charge in [-0.2, -0.15) is 11.8 Å². The van der Waals surface area contributed by atoms with Crippen LogP contribution in [0.5, 0.6) is 0 Å². The molecule has 0 bridgehead atoms. The van der Waals surface area contributed by atoms with Gasteiger partial charge in [-0.3, -0.25) is 9.69 Å². The van der Waals surface area contributed by atoms with Crippen molar-refractivity contribution in [3.63, 3.8) is 0 Å². The molecule has 3 aromatic carbocycles. The first-order valence-corrected chi connectivity index (χ1v) is 17.9. The van der Waals surface area contributed by atoms with E-state index in [4.69, 9.17) is 9.47 Å². The Bertz CT molecular complexity index is 1580. The van der Waals surface area contributed by atoms with Crippen LogP contribution >= 0.6 is 11.8 Å². The lowest BCUT2D eigenvalue weighted by Crippen LogP contribution is -2.51. The maximum Gasteiger partial charge on any atom is 0.326 e. The Balaban J connectivity index is 1.44. The van der Waals surface area contributed by atoms with Crippen molar-refractivity contribution >= 4 is 23.6 Å². The summed E-state index contributed by atoms with van der Waals surface area (Å²) in [5.74, 6) is -2.75. The maximum absolute atomic E-state index is 14.3. The molecule has 2 N–H and O–H groups in total. The number of carbonyl (C=O) groups excluding carboxylic acids is 1. The van der Waals surface area contributed by atoms with E-state index in [2.05, 4.69) is 24.1 Å². The van der Waals surface area contributed by atoms with E-state index in [-0.39, 0.29) is 11.5 Å². The number of halogens is 2.